The van der Waals surface area contributed by atoms with Crippen LogP contribution in [0, 0.1) is 5.92 Å². The fraction of sp³-hybridized carbons (Fsp3) is 0.389. The molecule has 0 fully saturated rings. The molecule has 0 aliphatic rings. The molecule has 0 unspecified atom stereocenters. The number of aryl methyl sites for hydroxylation is 2. The van der Waals surface area contributed by atoms with Crippen LogP contribution in [0.4, 0.5) is 5.95 Å². The van der Waals surface area contributed by atoms with E-state index in [1.807, 2.05) is 12.1 Å². The summed E-state index contributed by atoms with van der Waals surface area (Å²) in [5.74, 6) is 0.992. The first-order valence-electron chi connectivity index (χ1n) is 8.44. The maximum atomic E-state index is 13.0. The summed E-state index contributed by atoms with van der Waals surface area (Å²) in [5.41, 5.74) is 0.661. The van der Waals surface area contributed by atoms with E-state index in [-0.39, 0.29) is 12.1 Å². The molecule has 0 atom stereocenters. The first-order valence-corrected chi connectivity index (χ1v) is 8.82. The van der Waals surface area contributed by atoms with Gasteiger partial charge in [-0.2, -0.15) is 4.98 Å². The van der Waals surface area contributed by atoms with Crippen molar-refractivity contribution in [2.24, 2.45) is 20.0 Å². The molecule has 0 saturated carbocycles. The molecule has 26 heavy (non-hydrogen) atoms. The molecule has 0 radical (unpaired) electrons. The van der Waals surface area contributed by atoms with Gasteiger partial charge in [-0.3, -0.25) is 13.9 Å². The highest BCUT2D eigenvalue weighted by Crippen LogP contribution is 2.17. The third-order valence-electron chi connectivity index (χ3n) is 4.31. The molecule has 1 N–H and O–H groups in total. The smallest absolute Gasteiger partial charge is 0.332 e. The molecule has 3 rings (SSSR count). The number of fused-ring (bicyclic) bond motifs is 1. The zero-order valence-corrected chi connectivity index (χ0v) is 16.0. The van der Waals surface area contributed by atoms with E-state index in [1.54, 1.807) is 30.8 Å². The Balaban J connectivity index is 2.17. The van der Waals surface area contributed by atoms with Crippen LogP contribution in [0.15, 0.2) is 33.9 Å². The van der Waals surface area contributed by atoms with E-state index in [0.717, 1.165) is 6.54 Å². The van der Waals surface area contributed by atoms with Crippen LogP contribution in [0.1, 0.15) is 19.4 Å². The van der Waals surface area contributed by atoms with Crippen molar-refractivity contribution in [1.29, 1.82) is 0 Å². The number of aromatic nitrogens is 4. The SMILES string of the molecule is CC(C)CNc1nc2c(c(=O)n(Cc3ccccc3Cl)c(=O)n2C)n1C. The Morgan fingerprint density at radius 3 is 2.50 bits per heavy atom. The third-order valence-corrected chi connectivity index (χ3v) is 4.68. The van der Waals surface area contributed by atoms with Gasteiger partial charge in [0.25, 0.3) is 5.56 Å². The quantitative estimate of drug-likeness (QED) is 0.742. The lowest BCUT2D eigenvalue weighted by molar-refractivity contribution is 0.655. The van der Waals surface area contributed by atoms with E-state index >= 15 is 0 Å². The number of halogens is 1. The predicted octanol–water partition coefficient (Wildman–Crippen LogP) is 2.20. The maximum Gasteiger partial charge on any atom is 0.332 e. The van der Waals surface area contributed by atoms with E-state index in [1.165, 1.54) is 9.13 Å². The van der Waals surface area contributed by atoms with Gasteiger partial charge in [-0.25, -0.2) is 4.79 Å². The van der Waals surface area contributed by atoms with Crippen LogP contribution in [-0.2, 0) is 20.6 Å². The van der Waals surface area contributed by atoms with Gasteiger partial charge < -0.3 is 9.88 Å². The molecule has 8 heteroatoms. The number of nitrogens with zero attached hydrogens (tertiary/aromatic N) is 4. The largest absolute Gasteiger partial charge is 0.355 e. The molecule has 138 valence electrons. The van der Waals surface area contributed by atoms with Crippen LogP contribution in [0.5, 0.6) is 0 Å². The van der Waals surface area contributed by atoms with Gasteiger partial charge in [0.1, 0.15) is 0 Å². The topological polar surface area (TPSA) is 73.8 Å². The molecule has 0 aliphatic carbocycles. The Labute approximate surface area is 155 Å². The summed E-state index contributed by atoms with van der Waals surface area (Å²) in [6.45, 7) is 5.00. The van der Waals surface area contributed by atoms with Crippen molar-refractivity contribution in [3.05, 3.63) is 55.7 Å². The van der Waals surface area contributed by atoms with Crippen LogP contribution in [0.3, 0.4) is 0 Å². The van der Waals surface area contributed by atoms with E-state index in [9.17, 15) is 9.59 Å². The minimum absolute atomic E-state index is 0.112. The minimum Gasteiger partial charge on any atom is -0.355 e. The second-order valence-corrected chi connectivity index (χ2v) is 7.17. The lowest BCUT2D eigenvalue weighted by Gasteiger charge is -2.10. The van der Waals surface area contributed by atoms with Gasteiger partial charge in [-0.15, -0.1) is 0 Å². The average molecular weight is 376 g/mol. The molecular weight excluding hydrogens is 354 g/mol. The second kappa shape index (κ2) is 6.99. The second-order valence-electron chi connectivity index (χ2n) is 6.77. The molecule has 0 spiro atoms. The summed E-state index contributed by atoms with van der Waals surface area (Å²) >= 11 is 6.19. The summed E-state index contributed by atoms with van der Waals surface area (Å²) in [5, 5.41) is 3.74. The van der Waals surface area contributed by atoms with Gasteiger partial charge >= 0.3 is 5.69 Å². The maximum absolute atomic E-state index is 13.0. The van der Waals surface area contributed by atoms with Crippen molar-refractivity contribution in [3.63, 3.8) is 0 Å². The summed E-state index contributed by atoms with van der Waals surface area (Å²) in [4.78, 5) is 30.2. The average Bonchev–Trinajstić information content (AvgIpc) is 2.93. The molecule has 7 nitrogen and oxygen atoms in total. The summed E-state index contributed by atoms with van der Waals surface area (Å²) in [6.07, 6.45) is 0. The van der Waals surface area contributed by atoms with E-state index in [0.29, 0.717) is 33.6 Å². The Morgan fingerprint density at radius 2 is 1.85 bits per heavy atom. The van der Waals surface area contributed by atoms with Crippen molar-refractivity contribution < 1.29 is 0 Å². The highest BCUT2D eigenvalue weighted by atomic mass is 35.5. The normalized spacial score (nSPS) is 11.5. The Bertz CT molecular complexity index is 1080. The van der Waals surface area contributed by atoms with Gasteiger partial charge in [0, 0.05) is 25.7 Å². The van der Waals surface area contributed by atoms with Crippen LogP contribution in [0.25, 0.3) is 11.2 Å². The van der Waals surface area contributed by atoms with Crippen LogP contribution < -0.4 is 16.6 Å². The van der Waals surface area contributed by atoms with Gasteiger partial charge in [0.15, 0.2) is 11.2 Å². The number of hydrogen-bond donors (Lipinski definition) is 1. The van der Waals surface area contributed by atoms with E-state index in [2.05, 4.69) is 24.1 Å². The first-order chi connectivity index (χ1) is 12.3. The molecule has 2 heterocycles. The highest BCUT2D eigenvalue weighted by Gasteiger charge is 2.19. The molecule has 1 aromatic carbocycles. The standard InChI is InChI=1S/C18H22ClN5O2/c1-11(2)9-20-17-21-15-14(22(17)3)16(25)24(18(26)23(15)4)10-12-7-5-6-8-13(12)19/h5-8,11H,9-10H2,1-4H3,(H,20,21). The van der Waals surface area contributed by atoms with Crippen LogP contribution >= 0.6 is 11.6 Å². The summed E-state index contributed by atoms with van der Waals surface area (Å²) in [7, 11) is 3.39. The van der Waals surface area contributed by atoms with Crippen molar-refractivity contribution in [1.82, 2.24) is 18.7 Å². The zero-order valence-electron chi connectivity index (χ0n) is 15.3. The lowest BCUT2D eigenvalue weighted by Crippen LogP contribution is -2.39. The number of hydrogen-bond acceptors (Lipinski definition) is 4. The monoisotopic (exact) mass is 375 g/mol. The van der Waals surface area contributed by atoms with E-state index < -0.39 is 5.69 Å². The summed E-state index contributed by atoms with van der Waals surface area (Å²) < 4.78 is 4.29. The fourth-order valence-electron chi connectivity index (χ4n) is 2.83. The Kier molecular flexibility index (Phi) is 4.91. The molecule has 3 aromatic rings. The molecule has 2 aromatic heterocycles. The predicted molar refractivity (Wildman–Crippen MR) is 104 cm³/mol. The molecular formula is C18H22ClN5O2. The molecule has 0 aliphatic heterocycles. The minimum atomic E-state index is -0.420. The van der Waals surface area contributed by atoms with Gasteiger partial charge in [0.2, 0.25) is 5.95 Å². The van der Waals surface area contributed by atoms with E-state index in [4.69, 9.17) is 11.6 Å². The lowest BCUT2D eigenvalue weighted by atomic mass is 10.2. The van der Waals surface area contributed by atoms with Gasteiger partial charge in [0.05, 0.1) is 6.54 Å². The molecule has 0 saturated heterocycles. The van der Waals surface area contributed by atoms with Crippen LogP contribution in [-0.4, -0.2) is 25.2 Å². The third kappa shape index (κ3) is 3.14. The number of imidazole rings is 1. The Morgan fingerprint density at radius 1 is 1.15 bits per heavy atom. The zero-order chi connectivity index (χ0) is 19.0. The number of rotatable bonds is 5. The summed E-state index contributed by atoms with van der Waals surface area (Å²) in [6, 6.07) is 7.18. The molecule has 0 amide bonds. The van der Waals surface area contributed by atoms with Crippen molar-refractivity contribution >= 4 is 28.7 Å². The van der Waals surface area contributed by atoms with Crippen molar-refractivity contribution in [3.8, 4) is 0 Å². The fourth-order valence-corrected chi connectivity index (χ4v) is 3.03. The Hall–Kier alpha value is -2.54. The van der Waals surface area contributed by atoms with Crippen molar-refractivity contribution in [2.45, 2.75) is 20.4 Å². The molecule has 0 bridgehead atoms. The number of benzene rings is 1. The highest BCUT2D eigenvalue weighted by molar-refractivity contribution is 6.31. The number of nitrogens with one attached hydrogen (secondary N) is 1. The van der Waals surface area contributed by atoms with Crippen LogP contribution in [0.2, 0.25) is 5.02 Å². The number of anilines is 1. The van der Waals surface area contributed by atoms with Gasteiger partial charge in [-0.05, 0) is 17.5 Å². The van der Waals surface area contributed by atoms with Gasteiger partial charge in [-0.1, -0.05) is 43.6 Å². The first kappa shape index (κ1) is 18.3. The van der Waals surface area contributed by atoms with Crippen molar-refractivity contribution in [2.75, 3.05) is 11.9 Å².